The van der Waals surface area contributed by atoms with Gasteiger partial charge in [-0.3, -0.25) is 0 Å². The summed E-state index contributed by atoms with van der Waals surface area (Å²) in [4.78, 5) is 8.20. The maximum Gasteiger partial charge on any atom is 0.252 e. The van der Waals surface area contributed by atoms with E-state index in [1.807, 2.05) is 0 Å². The lowest BCUT2D eigenvalue weighted by Crippen LogP contribution is -2.67. The van der Waals surface area contributed by atoms with Crippen LogP contribution < -0.4 is 31.1 Å². The average Bonchev–Trinajstić information content (AvgIpc) is 3.33. The lowest BCUT2D eigenvalue weighted by Gasteiger charge is -2.66. The van der Waals surface area contributed by atoms with Gasteiger partial charge in [-0.15, -0.1) is 0 Å². The second kappa shape index (κ2) is 13.8. The summed E-state index contributed by atoms with van der Waals surface area (Å²) in [6.07, 6.45) is 7.08. The minimum absolute atomic E-state index is 0.0185. The van der Waals surface area contributed by atoms with Crippen LogP contribution in [0, 0.1) is 5.41 Å². The first-order valence-corrected chi connectivity index (χ1v) is 25.7. The van der Waals surface area contributed by atoms with Crippen LogP contribution in [0.2, 0.25) is 0 Å². The number of hydrogen-bond acceptors (Lipinski definition) is 3. The monoisotopic (exact) mass is 888 g/mol. The Morgan fingerprint density at radius 2 is 1.19 bits per heavy atom. The fraction of sp³-hybridized carbons (Fsp3) is 0.344. The normalized spacial score (nSPS) is 24.3. The number of hydrogen-bond donors (Lipinski definition) is 0. The van der Waals surface area contributed by atoms with Crippen molar-refractivity contribution in [3.8, 4) is 11.1 Å². The standard InChI is InChI=1S/C64H66BN3/c1-59(2,3)42-29-30-52-46(36-42)41-21-20-22-43(35-41)62(8)34-33-60(4,5)48-39-51-55(40-49(48)62)67(52)57-38-45(68-53-27-16-14-25-47(53)61(6,7)63(9)31-18-19-32-64(63,68)10)37-56-58(57)65(51)50-26-15-17-28-54(50)66(56)44-23-12-11-13-24-44/h11-17,20-30,35-40H,18-19,31-34H2,1-10H3. The van der Waals surface area contributed by atoms with Crippen molar-refractivity contribution < 1.29 is 0 Å². The van der Waals surface area contributed by atoms with Gasteiger partial charge in [0.1, 0.15) is 0 Å². The zero-order valence-electron chi connectivity index (χ0n) is 42.0. The van der Waals surface area contributed by atoms with Gasteiger partial charge in [0.25, 0.3) is 6.71 Å². The van der Waals surface area contributed by atoms with Crippen LogP contribution in [0.3, 0.4) is 0 Å². The Balaban J connectivity index is 1.21. The fourth-order valence-electron chi connectivity index (χ4n) is 14.8. The Hall–Kier alpha value is -6.00. The van der Waals surface area contributed by atoms with E-state index in [0.717, 1.165) is 19.3 Å². The van der Waals surface area contributed by atoms with Gasteiger partial charge >= 0.3 is 0 Å². The third-order valence-corrected chi connectivity index (χ3v) is 19.3. The minimum Gasteiger partial charge on any atom is -0.335 e. The molecule has 7 aromatic carbocycles. The fourth-order valence-corrected chi connectivity index (χ4v) is 14.8. The molecular formula is C64H66BN3. The summed E-state index contributed by atoms with van der Waals surface area (Å²) in [5.41, 5.74) is 23.9. The second-order valence-electron chi connectivity index (χ2n) is 24.4. The summed E-state index contributed by atoms with van der Waals surface area (Å²) < 4.78 is 0. The van der Waals surface area contributed by atoms with Crippen LogP contribution in [0.25, 0.3) is 11.1 Å². The van der Waals surface area contributed by atoms with Crippen molar-refractivity contribution in [3.05, 3.63) is 173 Å². The molecule has 0 saturated heterocycles. The van der Waals surface area contributed by atoms with Gasteiger partial charge in [0.05, 0.1) is 5.69 Å². The minimum atomic E-state index is -0.146. The van der Waals surface area contributed by atoms with E-state index in [-0.39, 0.29) is 39.3 Å². The Kier molecular flexibility index (Phi) is 8.57. The van der Waals surface area contributed by atoms with Crippen molar-refractivity contribution in [2.24, 2.45) is 5.41 Å². The zero-order chi connectivity index (χ0) is 46.9. The topological polar surface area (TPSA) is 9.72 Å². The summed E-state index contributed by atoms with van der Waals surface area (Å²) in [5.74, 6) is 0. The molecule has 68 heavy (non-hydrogen) atoms. The molecule has 0 radical (unpaired) electrons. The van der Waals surface area contributed by atoms with Crippen LogP contribution in [0.5, 0.6) is 0 Å². The molecule has 3 unspecified atom stereocenters. The predicted molar refractivity (Wildman–Crippen MR) is 290 cm³/mol. The van der Waals surface area contributed by atoms with Gasteiger partial charge in [-0.05, 0) is 153 Å². The van der Waals surface area contributed by atoms with Gasteiger partial charge in [0.15, 0.2) is 0 Å². The molecule has 0 spiro atoms. The molecule has 3 atom stereocenters. The molecule has 4 heterocycles. The first kappa shape index (κ1) is 42.1. The average molecular weight is 888 g/mol. The van der Waals surface area contributed by atoms with Crippen LogP contribution in [0.4, 0.5) is 45.5 Å². The highest BCUT2D eigenvalue weighted by atomic mass is 15.3. The highest BCUT2D eigenvalue weighted by molar-refractivity contribution is 7.00. The summed E-state index contributed by atoms with van der Waals surface area (Å²) in [5, 5.41) is 0. The van der Waals surface area contributed by atoms with Gasteiger partial charge in [-0.1, -0.05) is 166 Å². The number of anilines is 8. The third-order valence-electron chi connectivity index (χ3n) is 19.3. The van der Waals surface area contributed by atoms with E-state index in [1.54, 1.807) is 0 Å². The molecular weight excluding hydrogens is 822 g/mol. The number of benzene rings is 7. The molecule has 2 aliphatic carbocycles. The maximum atomic E-state index is 2.85. The van der Waals surface area contributed by atoms with Crippen LogP contribution in [-0.4, -0.2) is 12.3 Å². The Labute approximate surface area is 406 Å². The molecule has 7 aromatic rings. The quantitative estimate of drug-likeness (QED) is 0.160. The van der Waals surface area contributed by atoms with Crippen molar-refractivity contribution in [2.75, 3.05) is 14.7 Å². The molecule has 4 aliphatic heterocycles. The molecule has 340 valence electrons. The van der Waals surface area contributed by atoms with E-state index < -0.39 is 0 Å². The van der Waals surface area contributed by atoms with E-state index >= 15 is 0 Å². The van der Waals surface area contributed by atoms with Crippen LogP contribution in [0.15, 0.2) is 146 Å². The molecule has 4 bridgehead atoms. The van der Waals surface area contributed by atoms with Gasteiger partial charge in [-0.25, -0.2) is 0 Å². The molecule has 0 N–H and O–H groups in total. The Morgan fingerprint density at radius 1 is 0.485 bits per heavy atom. The van der Waals surface area contributed by atoms with E-state index in [9.17, 15) is 0 Å². The number of nitrogens with zero attached hydrogens (tertiary/aromatic N) is 3. The van der Waals surface area contributed by atoms with Crippen molar-refractivity contribution in [3.63, 3.8) is 0 Å². The van der Waals surface area contributed by atoms with Crippen LogP contribution in [0.1, 0.15) is 136 Å². The van der Waals surface area contributed by atoms with E-state index in [2.05, 4.69) is 230 Å². The maximum absolute atomic E-state index is 2.85. The highest BCUT2D eigenvalue weighted by Gasteiger charge is 2.62. The summed E-state index contributed by atoms with van der Waals surface area (Å²) in [7, 11) is 0. The Bertz CT molecular complexity index is 3270. The zero-order valence-corrected chi connectivity index (χ0v) is 42.0. The molecule has 6 aliphatic rings. The number of fused-ring (bicyclic) bond motifs is 12. The molecule has 3 nitrogen and oxygen atoms in total. The van der Waals surface area contributed by atoms with Crippen LogP contribution in [-0.2, 0) is 21.7 Å². The van der Waals surface area contributed by atoms with Crippen molar-refractivity contribution in [2.45, 2.75) is 135 Å². The number of para-hydroxylation sites is 3. The van der Waals surface area contributed by atoms with Crippen LogP contribution >= 0.6 is 0 Å². The molecule has 1 saturated carbocycles. The lowest BCUT2D eigenvalue weighted by atomic mass is 9.33. The summed E-state index contributed by atoms with van der Waals surface area (Å²) in [6, 6.07) is 57.7. The smallest absolute Gasteiger partial charge is 0.252 e. The number of rotatable bonds is 2. The summed E-state index contributed by atoms with van der Waals surface area (Å²) >= 11 is 0. The summed E-state index contributed by atoms with van der Waals surface area (Å²) in [6.45, 7) is 25.0. The Morgan fingerprint density at radius 3 is 1.97 bits per heavy atom. The van der Waals surface area contributed by atoms with Crippen molar-refractivity contribution in [1.82, 2.24) is 0 Å². The van der Waals surface area contributed by atoms with Crippen molar-refractivity contribution >= 4 is 68.6 Å². The van der Waals surface area contributed by atoms with E-state index in [0.29, 0.717) is 0 Å². The predicted octanol–water partition coefficient (Wildman–Crippen LogP) is 15.2. The highest BCUT2D eigenvalue weighted by Crippen LogP contribution is 2.66. The van der Waals surface area contributed by atoms with Crippen molar-refractivity contribution in [1.29, 1.82) is 0 Å². The lowest BCUT2D eigenvalue weighted by molar-refractivity contribution is 0.0106. The molecule has 0 aromatic heterocycles. The first-order valence-electron chi connectivity index (χ1n) is 25.7. The van der Waals surface area contributed by atoms with Gasteiger partial charge in [-0.2, -0.15) is 0 Å². The molecule has 1 fully saturated rings. The SMILES string of the molecule is CC(C)(C)c1ccc2c(c1)-c1cccc(c1)C1(C)CCC(C)(C)c3cc4c(cc31)N2c1cc(N2c3ccccc3C(C)(C)C3(C)CCCCC23C)cc2c1B4c1ccccc1N2c1ccccc1. The third kappa shape index (κ3) is 5.38. The largest absolute Gasteiger partial charge is 0.335 e. The first-order chi connectivity index (χ1) is 32.5. The van der Waals surface area contributed by atoms with E-state index in [4.69, 9.17) is 0 Å². The van der Waals surface area contributed by atoms with Gasteiger partial charge in [0, 0.05) is 61.7 Å². The van der Waals surface area contributed by atoms with Gasteiger partial charge < -0.3 is 14.7 Å². The van der Waals surface area contributed by atoms with E-state index in [1.165, 1.54) is 120 Å². The van der Waals surface area contributed by atoms with Gasteiger partial charge in [0.2, 0.25) is 0 Å². The molecule has 0 amide bonds. The molecule has 13 rings (SSSR count). The molecule has 4 heteroatoms. The second-order valence-corrected chi connectivity index (χ2v) is 24.4.